The summed E-state index contributed by atoms with van der Waals surface area (Å²) in [5.74, 6) is -2.41. The van der Waals surface area contributed by atoms with Gasteiger partial charge in [-0.2, -0.15) is 0 Å². The summed E-state index contributed by atoms with van der Waals surface area (Å²) in [6.45, 7) is 0. The van der Waals surface area contributed by atoms with E-state index in [1.165, 1.54) is 12.0 Å². The van der Waals surface area contributed by atoms with Crippen LogP contribution in [-0.2, 0) is 14.3 Å². The van der Waals surface area contributed by atoms with Crippen LogP contribution in [0.2, 0.25) is 0 Å². The van der Waals surface area contributed by atoms with Gasteiger partial charge in [0.05, 0.1) is 30.2 Å². The summed E-state index contributed by atoms with van der Waals surface area (Å²) >= 11 is 0. The molecule has 2 bridgehead atoms. The Balaban J connectivity index is 1.48. The Bertz CT molecular complexity index is 1330. The largest absolute Gasteiger partial charge is 0.465 e. The van der Waals surface area contributed by atoms with Gasteiger partial charge < -0.3 is 4.74 Å². The molecule has 0 radical (unpaired) electrons. The molecule has 4 atom stereocenters. The number of allylic oxidation sites excluding steroid dienone is 3. The van der Waals surface area contributed by atoms with Crippen LogP contribution < -0.4 is 4.90 Å². The second-order valence-electron chi connectivity index (χ2n) is 9.07. The summed E-state index contributed by atoms with van der Waals surface area (Å²) < 4.78 is 4.89. The lowest BCUT2D eigenvalue weighted by Gasteiger charge is -2.22. The quantitative estimate of drug-likeness (QED) is 0.315. The fourth-order valence-electron chi connectivity index (χ4n) is 5.99. The van der Waals surface area contributed by atoms with E-state index in [1.807, 2.05) is 36.4 Å². The van der Waals surface area contributed by atoms with Crippen LogP contribution in [0.25, 0.3) is 5.57 Å². The molecule has 3 aromatic rings. The Labute approximate surface area is 203 Å². The van der Waals surface area contributed by atoms with Gasteiger partial charge in [0.25, 0.3) is 0 Å². The zero-order valence-electron chi connectivity index (χ0n) is 19.1. The molecule has 3 aromatic carbocycles. The van der Waals surface area contributed by atoms with E-state index >= 15 is 0 Å². The van der Waals surface area contributed by atoms with Crippen molar-refractivity contribution < 1.29 is 19.1 Å². The summed E-state index contributed by atoms with van der Waals surface area (Å²) in [5.41, 5.74) is 4.85. The third-order valence-electron chi connectivity index (χ3n) is 7.38. The first-order chi connectivity index (χ1) is 17.1. The van der Waals surface area contributed by atoms with Gasteiger partial charge in [-0.05, 0) is 34.4 Å². The Kier molecular flexibility index (Phi) is 4.99. The van der Waals surface area contributed by atoms with Crippen LogP contribution in [0.1, 0.15) is 21.5 Å². The summed E-state index contributed by atoms with van der Waals surface area (Å²) in [6.07, 6.45) is 4.15. The van der Waals surface area contributed by atoms with Crippen molar-refractivity contribution >= 4 is 29.0 Å². The van der Waals surface area contributed by atoms with E-state index in [2.05, 4.69) is 36.4 Å². The van der Waals surface area contributed by atoms with E-state index in [0.717, 1.165) is 22.3 Å². The highest BCUT2D eigenvalue weighted by Gasteiger charge is 2.62. The number of anilines is 1. The van der Waals surface area contributed by atoms with Crippen molar-refractivity contribution in [1.82, 2.24) is 0 Å². The number of fused-ring (bicyclic) bond motifs is 5. The number of nitrogens with zero attached hydrogens (tertiary/aromatic N) is 1. The van der Waals surface area contributed by atoms with Gasteiger partial charge in [0.1, 0.15) is 0 Å². The summed E-state index contributed by atoms with van der Waals surface area (Å²) in [4.78, 5) is 41.1. The van der Waals surface area contributed by atoms with Crippen molar-refractivity contribution in [1.29, 1.82) is 0 Å². The van der Waals surface area contributed by atoms with E-state index in [9.17, 15) is 14.4 Å². The van der Waals surface area contributed by atoms with Gasteiger partial charge in [-0.1, -0.05) is 84.9 Å². The molecule has 0 aromatic heterocycles. The fourth-order valence-corrected chi connectivity index (χ4v) is 5.99. The van der Waals surface area contributed by atoms with Crippen LogP contribution >= 0.6 is 0 Å². The molecule has 2 fully saturated rings. The van der Waals surface area contributed by atoms with E-state index in [0.29, 0.717) is 5.69 Å². The van der Waals surface area contributed by atoms with Gasteiger partial charge in [0, 0.05) is 11.8 Å². The maximum atomic E-state index is 13.8. The molecule has 2 amide bonds. The number of methoxy groups -OCH3 is 1. The predicted molar refractivity (Wildman–Crippen MR) is 132 cm³/mol. The molecule has 1 aliphatic heterocycles. The first kappa shape index (κ1) is 21.3. The zero-order valence-corrected chi connectivity index (χ0v) is 19.1. The molecule has 0 spiro atoms. The number of esters is 1. The van der Waals surface area contributed by atoms with E-state index < -0.39 is 17.8 Å². The molecule has 6 rings (SSSR count). The molecule has 0 N–H and O–H groups in total. The molecule has 5 nitrogen and oxygen atoms in total. The van der Waals surface area contributed by atoms with Crippen molar-refractivity contribution in [3.8, 4) is 0 Å². The fraction of sp³-hybridized carbons (Fsp3) is 0.167. The standard InChI is InChI=1S/C30H23NO4/c1-35-30(34)20-14-8-9-15-23(20)31-28(32)26-21-16-17-22(27(26)29(31)33)25(21)24(18-10-4-2-5-11-18)19-12-6-3-7-13-19/h2-17,21-22,26-27H,1H3/t21-,22+,26-,27-/m0/s1. The molecule has 1 saturated carbocycles. The molecule has 1 heterocycles. The number of carbonyl (C=O) groups excluding carboxylic acids is 3. The monoisotopic (exact) mass is 461 g/mol. The van der Waals surface area contributed by atoms with Crippen LogP contribution in [-0.4, -0.2) is 24.9 Å². The third-order valence-corrected chi connectivity index (χ3v) is 7.38. The van der Waals surface area contributed by atoms with Crippen molar-refractivity contribution in [2.75, 3.05) is 12.0 Å². The summed E-state index contributed by atoms with van der Waals surface area (Å²) in [6, 6.07) is 26.9. The Morgan fingerprint density at radius 3 is 1.71 bits per heavy atom. The third kappa shape index (κ3) is 3.12. The maximum Gasteiger partial charge on any atom is 0.339 e. The van der Waals surface area contributed by atoms with Crippen LogP contribution in [0.4, 0.5) is 5.69 Å². The lowest BCUT2D eigenvalue weighted by atomic mass is 9.85. The molecule has 5 heteroatoms. The summed E-state index contributed by atoms with van der Waals surface area (Å²) in [5, 5.41) is 0. The second kappa shape index (κ2) is 8.20. The smallest absolute Gasteiger partial charge is 0.339 e. The normalized spacial score (nSPS) is 24.1. The van der Waals surface area contributed by atoms with E-state index in [-0.39, 0.29) is 29.2 Å². The number of imide groups is 1. The van der Waals surface area contributed by atoms with Gasteiger partial charge >= 0.3 is 5.97 Å². The van der Waals surface area contributed by atoms with Gasteiger partial charge in [-0.3, -0.25) is 9.59 Å². The SMILES string of the molecule is COC(=O)c1ccccc1N1C(=O)[C@@H]2[C@@H](C1=O)[C@H]1C=C[C@@H]2C1=C(c1ccccc1)c1ccccc1. The minimum absolute atomic E-state index is 0.174. The van der Waals surface area contributed by atoms with Gasteiger partial charge in [-0.15, -0.1) is 0 Å². The molecule has 172 valence electrons. The average molecular weight is 462 g/mol. The highest BCUT2D eigenvalue weighted by molar-refractivity contribution is 6.25. The number of benzene rings is 3. The Hall–Kier alpha value is -4.25. The number of ether oxygens (including phenoxy) is 1. The second-order valence-corrected chi connectivity index (χ2v) is 9.07. The van der Waals surface area contributed by atoms with Crippen molar-refractivity contribution in [2.24, 2.45) is 23.7 Å². The molecular weight excluding hydrogens is 438 g/mol. The number of carbonyl (C=O) groups is 3. The minimum Gasteiger partial charge on any atom is -0.465 e. The van der Waals surface area contributed by atoms with Crippen molar-refractivity contribution in [2.45, 2.75) is 0 Å². The number of amides is 2. The van der Waals surface area contributed by atoms with Crippen molar-refractivity contribution in [3.05, 3.63) is 119 Å². The molecule has 2 aliphatic carbocycles. The highest BCUT2D eigenvalue weighted by atomic mass is 16.5. The topological polar surface area (TPSA) is 63.7 Å². The Morgan fingerprint density at radius 2 is 1.20 bits per heavy atom. The minimum atomic E-state index is -0.574. The number of rotatable bonds is 4. The lowest BCUT2D eigenvalue weighted by Crippen LogP contribution is -2.34. The van der Waals surface area contributed by atoms with E-state index in [4.69, 9.17) is 4.74 Å². The van der Waals surface area contributed by atoms with Crippen LogP contribution in [0.15, 0.2) is 103 Å². The van der Waals surface area contributed by atoms with E-state index in [1.54, 1.807) is 24.3 Å². The van der Waals surface area contributed by atoms with Crippen LogP contribution in [0, 0.1) is 23.7 Å². The highest BCUT2D eigenvalue weighted by Crippen LogP contribution is 2.59. The Morgan fingerprint density at radius 1 is 0.714 bits per heavy atom. The van der Waals surface area contributed by atoms with Crippen LogP contribution in [0.5, 0.6) is 0 Å². The average Bonchev–Trinajstić information content (AvgIpc) is 3.54. The number of hydrogen-bond acceptors (Lipinski definition) is 4. The maximum absolute atomic E-state index is 13.8. The lowest BCUT2D eigenvalue weighted by molar-refractivity contribution is -0.122. The van der Waals surface area contributed by atoms with Crippen molar-refractivity contribution in [3.63, 3.8) is 0 Å². The van der Waals surface area contributed by atoms with Crippen LogP contribution in [0.3, 0.4) is 0 Å². The zero-order chi connectivity index (χ0) is 24.1. The molecule has 35 heavy (non-hydrogen) atoms. The summed E-state index contributed by atoms with van der Waals surface area (Å²) in [7, 11) is 1.29. The van der Waals surface area contributed by atoms with Gasteiger partial charge in [0.15, 0.2) is 0 Å². The first-order valence-electron chi connectivity index (χ1n) is 11.7. The van der Waals surface area contributed by atoms with Gasteiger partial charge in [0.2, 0.25) is 11.8 Å². The van der Waals surface area contributed by atoms with Gasteiger partial charge in [-0.25, -0.2) is 9.69 Å². The number of para-hydroxylation sites is 1. The molecule has 3 aliphatic rings. The molecular formula is C30H23NO4. The first-order valence-corrected chi connectivity index (χ1v) is 11.7. The number of hydrogen-bond donors (Lipinski definition) is 0. The molecule has 1 saturated heterocycles. The predicted octanol–water partition coefficient (Wildman–Crippen LogP) is 4.90. The molecule has 0 unspecified atom stereocenters.